The fourth-order valence-corrected chi connectivity index (χ4v) is 2.68. The Balaban J connectivity index is 1.80. The summed E-state index contributed by atoms with van der Waals surface area (Å²) in [7, 11) is 0. The minimum Gasteiger partial charge on any atom is -0.506 e. The number of phenols is 1. The third-order valence-corrected chi connectivity index (χ3v) is 3.81. The van der Waals surface area contributed by atoms with E-state index in [1.54, 1.807) is 24.4 Å². The molecule has 0 spiro atoms. The van der Waals surface area contributed by atoms with Crippen LogP contribution in [0.25, 0.3) is 27.9 Å². The van der Waals surface area contributed by atoms with Crippen LogP contribution in [0, 0.1) is 0 Å². The van der Waals surface area contributed by atoms with Crippen LogP contribution in [-0.4, -0.2) is 37.8 Å². The van der Waals surface area contributed by atoms with Crippen LogP contribution >= 0.6 is 0 Å². The molecule has 0 atom stereocenters. The van der Waals surface area contributed by atoms with Gasteiger partial charge >= 0.3 is 0 Å². The first-order chi connectivity index (χ1) is 11.8. The van der Waals surface area contributed by atoms with Gasteiger partial charge in [-0.1, -0.05) is 18.2 Å². The molecule has 0 aliphatic carbocycles. The number of aliphatic hydroxyl groups excluding tert-OH is 1. The maximum atomic E-state index is 10.0. The van der Waals surface area contributed by atoms with Crippen LogP contribution in [0.4, 0.5) is 0 Å². The molecule has 0 amide bonds. The quantitative estimate of drug-likeness (QED) is 0.604. The second-order valence-electron chi connectivity index (χ2n) is 5.35. The summed E-state index contributed by atoms with van der Waals surface area (Å²) in [6.45, 7) is 0.213. The summed E-state index contributed by atoms with van der Waals surface area (Å²) in [5.41, 5.74) is 2.83. The normalized spacial score (nSPS) is 11.2. The maximum Gasteiger partial charge on any atom is 0.141 e. The molecule has 3 heterocycles. The molecule has 24 heavy (non-hydrogen) atoms. The zero-order chi connectivity index (χ0) is 16.5. The Morgan fingerprint density at radius 3 is 2.92 bits per heavy atom. The van der Waals surface area contributed by atoms with Gasteiger partial charge in [-0.05, 0) is 18.2 Å². The fourth-order valence-electron chi connectivity index (χ4n) is 2.68. The van der Waals surface area contributed by atoms with Crippen molar-refractivity contribution in [1.82, 2.24) is 14.4 Å². The Bertz CT molecular complexity index is 1030. The summed E-state index contributed by atoms with van der Waals surface area (Å²) in [6, 6.07) is 12.8. The van der Waals surface area contributed by atoms with Gasteiger partial charge in [0.2, 0.25) is 0 Å². The second kappa shape index (κ2) is 5.82. The SMILES string of the molecule is OCCOc1ccn2c(-c3ccc4cccc(O)c4n3)cnc2c1. The second-order valence-corrected chi connectivity index (χ2v) is 5.35. The molecule has 6 heteroatoms. The van der Waals surface area contributed by atoms with E-state index in [0.717, 1.165) is 22.4 Å². The first kappa shape index (κ1) is 14.5. The van der Waals surface area contributed by atoms with Crippen LogP contribution in [0.1, 0.15) is 0 Å². The number of aromatic nitrogens is 3. The Morgan fingerprint density at radius 2 is 2.04 bits per heavy atom. The van der Waals surface area contributed by atoms with E-state index in [9.17, 15) is 5.11 Å². The minimum absolute atomic E-state index is 0.0324. The number of hydrogen-bond acceptors (Lipinski definition) is 5. The van der Waals surface area contributed by atoms with Crippen molar-refractivity contribution < 1.29 is 14.9 Å². The van der Waals surface area contributed by atoms with Crippen molar-refractivity contribution in [3.05, 3.63) is 54.9 Å². The summed E-state index contributed by atoms with van der Waals surface area (Å²) in [5.74, 6) is 0.806. The van der Waals surface area contributed by atoms with Gasteiger partial charge in [-0.25, -0.2) is 9.97 Å². The van der Waals surface area contributed by atoms with Gasteiger partial charge in [0, 0.05) is 17.6 Å². The summed E-state index contributed by atoms with van der Waals surface area (Å²) >= 11 is 0. The average molecular weight is 321 g/mol. The first-order valence-electron chi connectivity index (χ1n) is 7.56. The number of aromatic hydroxyl groups is 1. The Hall–Kier alpha value is -3.12. The van der Waals surface area contributed by atoms with E-state index in [1.807, 2.05) is 34.9 Å². The van der Waals surface area contributed by atoms with Crippen molar-refractivity contribution in [2.75, 3.05) is 13.2 Å². The number of benzene rings is 1. The van der Waals surface area contributed by atoms with Crippen LogP contribution in [0.2, 0.25) is 0 Å². The molecular weight excluding hydrogens is 306 g/mol. The molecule has 2 N–H and O–H groups in total. The summed E-state index contributed by atoms with van der Waals surface area (Å²) in [5, 5.41) is 19.7. The molecule has 6 nitrogen and oxygen atoms in total. The molecule has 1 aromatic carbocycles. The van der Waals surface area contributed by atoms with E-state index >= 15 is 0 Å². The van der Waals surface area contributed by atoms with Gasteiger partial charge in [0.25, 0.3) is 0 Å². The van der Waals surface area contributed by atoms with E-state index in [2.05, 4.69) is 9.97 Å². The molecule has 120 valence electrons. The highest BCUT2D eigenvalue weighted by atomic mass is 16.5. The number of fused-ring (bicyclic) bond motifs is 2. The highest BCUT2D eigenvalue weighted by molar-refractivity contribution is 5.86. The molecule has 4 aromatic rings. The molecule has 0 radical (unpaired) electrons. The van der Waals surface area contributed by atoms with Crippen molar-refractivity contribution in [2.45, 2.75) is 0 Å². The van der Waals surface area contributed by atoms with E-state index in [0.29, 0.717) is 11.3 Å². The summed E-state index contributed by atoms with van der Waals surface area (Å²) in [6.07, 6.45) is 3.58. The van der Waals surface area contributed by atoms with Crippen molar-refractivity contribution in [2.24, 2.45) is 0 Å². The molecule has 3 aromatic heterocycles. The van der Waals surface area contributed by atoms with Crippen molar-refractivity contribution in [3.63, 3.8) is 0 Å². The number of para-hydroxylation sites is 1. The van der Waals surface area contributed by atoms with Crippen molar-refractivity contribution in [1.29, 1.82) is 0 Å². The Kier molecular flexibility index (Phi) is 3.51. The maximum absolute atomic E-state index is 10.0. The van der Waals surface area contributed by atoms with Crippen LogP contribution in [-0.2, 0) is 0 Å². The van der Waals surface area contributed by atoms with Gasteiger partial charge in [-0.3, -0.25) is 4.40 Å². The molecule has 0 bridgehead atoms. The van der Waals surface area contributed by atoms with Crippen molar-refractivity contribution in [3.8, 4) is 22.9 Å². The lowest BCUT2D eigenvalue weighted by Crippen LogP contribution is -2.02. The lowest BCUT2D eigenvalue weighted by molar-refractivity contribution is 0.201. The number of nitrogens with zero attached hydrogens (tertiary/aromatic N) is 3. The predicted octanol–water partition coefficient (Wildman–Crippen LogP) is 2.63. The number of pyridine rings is 2. The van der Waals surface area contributed by atoms with Gasteiger partial charge in [0.15, 0.2) is 0 Å². The predicted molar refractivity (Wildman–Crippen MR) is 90.2 cm³/mol. The fraction of sp³-hybridized carbons (Fsp3) is 0.111. The number of imidazole rings is 1. The van der Waals surface area contributed by atoms with Gasteiger partial charge in [0.05, 0.1) is 24.2 Å². The van der Waals surface area contributed by atoms with Gasteiger partial charge in [-0.2, -0.15) is 0 Å². The third-order valence-electron chi connectivity index (χ3n) is 3.81. The molecule has 0 aliphatic rings. The summed E-state index contributed by atoms with van der Waals surface area (Å²) < 4.78 is 7.30. The number of rotatable bonds is 4. The average Bonchev–Trinajstić information content (AvgIpc) is 3.03. The van der Waals surface area contributed by atoms with E-state index in [-0.39, 0.29) is 19.0 Å². The topological polar surface area (TPSA) is 79.9 Å². The Morgan fingerprint density at radius 1 is 1.12 bits per heavy atom. The standard InChI is InChI=1S/C18H15N3O3/c22-8-9-24-13-6-7-21-15(11-19-17(21)10-13)14-5-4-12-2-1-3-16(23)18(12)20-14/h1-7,10-11,22-23H,8-9H2. The van der Waals surface area contributed by atoms with E-state index in [4.69, 9.17) is 9.84 Å². The Labute approximate surface area is 137 Å². The lowest BCUT2D eigenvalue weighted by Gasteiger charge is -2.07. The number of hydrogen-bond donors (Lipinski definition) is 2. The van der Waals surface area contributed by atoms with E-state index < -0.39 is 0 Å². The third kappa shape index (κ3) is 2.43. The van der Waals surface area contributed by atoms with Gasteiger partial charge in [0.1, 0.15) is 29.3 Å². The monoisotopic (exact) mass is 321 g/mol. The highest BCUT2D eigenvalue weighted by Crippen LogP contribution is 2.27. The number of aliphatic hydroxyl groups is 1. The van der Waals surface area contributed by atoms with Gasteiger partial charge < -0.3 is 14.9 Å². The lowest BCUT2D eigenvalue weighted by atomic mass is 10.1. The molecule has 4 rings (SSSR count). The molecule has 0 aliphatic heterocycles. The van der Waals surface area contributed by atoms with E-state index in [1.165, 1.54) is 0 Å². The first-order valence-corrected chi connectivity index (χ1v) is 7.56. The summed E-state index contributed by atoms with van der Waals surface area (Å²) in [4.78, 5) is 8.95. The van der Waals surface area contributed by atoms with Crippen LogP contribution < -0.4 is 4.74 Å². The zero-order valence-electron chi connectivity index (χ0n) is 12.8. The van der Waals surface area contributed by atoms with Crippen LogP contribution in [0.15, 0.2) is 54.9 Å². The zero-order valence-corrected chi connectivity index (χ0v) is 12.8. The van der Waals surface area contributed by atoms with Crippen LogP contribution in [0.5, 0.6) is 11.5 Å². The number of phenolic OH excluding ortho intramolecular Hbond substituents is 1. The van der Waals surface area contributed by atoms with Crippen LogP contribution in [0.3, 0.4) is 0 Å². The van der Waals surface area contributed by atoms with Crippen molar-refractivity contribution >= 4 is 16.6 Å². The van der Waals surface area contributed by atoms with Gasteiger partial charge in [-0.15, -0.1) is 0 Å². The highest BCUT2D eigenvalue weighted by Gasteiger charge is 2.10. The smallest absolute Gasteiger partial charge is 0.141 e. The number of ether oxygens (including phenoxy) is 1. The largest absolute Gasteiger partial charge is 0.506 e. The molecule has 0 saturated carbocycles. The minimum atomic E-state index is -0.0324. The molecule has 0 saturated heterocycles. The molecule has 0 unspecified atom stereocenters. The molecular formula is C18H15N3O3. The molecule has 0 fully saturated rings.